The van der Waals surface area contributed by atoms with Crippen molar-refractivity contribution in [1.82, 2.24) is 9.88 Å². The maximum absolute atomic E-state index is 11.3. The Labute approximate surface area is 82.9 Å². The first-order chi connectivity index (χ1) is 6.72. The van der Waals surface area contributed by atoms with Crippen molar-refractivity contribution < 1.29 is 4.79 Å². The Morgan fingerprint density at radius 1 is 1.64 bits per heavy atom. The number of urea groups is 1. The van der Waals surface area contributed by atoms with Gasteiger partial charge in [-0.15, -0.1) is 0 Å². The zero-order chi connectivity index (χ0) is 10.1. The fourth-order valence-electron chi connectivity index (χ4n) is 1.65. The molecule has 0 unspecified atom stereocenters. The third kappa shape index (κ3) is 1.32. The molecule has 1 aromatic rings. The van der Waals surface area contributed by atoms with Gasteiger partial charge in [-0.3, -0.25) is 5.32 Å². The van der Waals surface area contributed by atoms with Gasteiger partial charge in [-0.2, -0.15) is 0 Å². The number of nitrogens with zero attached hydrogens (tertiary/aromatic N) is 2. The van der Waals surface area contributed by atoms with Gasteiger partial charge in [0.25, 0.3) is 0 Å². The number of amides is 2. The van der Waals surface area contributed by atoms with E-state index in [1.807, 2.05) is 6.07 Å². The Hall–Kier alpha value is -1.58. The van der Waals surface area contributed by atoms with E-state index in [-0.39, 0.29) is 6.03 Å². The summed E-state index contributed by atoms with van der Waals surface area (Å²) >= 11 is 0. The second kappa shape index (κ2) is 3.29. The van der Waals surface area contributed by atoms with Crippen LogP contribution in [0.5, 0.6) is 0 Å². The highest BCUT2D eigenvalue weighted by Crippen LogP contribution is 2.23. The van der Waals surface area contributed by atoms with Crippen LogP contribution in [0.3, 0.4) is 0 Å². The van der Waals surface area contributed by atoms with Gasteiger partial charge in [0.1, 0.15) is 5.82 Å². The van der Waals surface area contributed by atoms with Crippen LogP contribution in [-0.2, 0) is 13.0 Å². The maximum Gasteiger partial charge on any atom is 0.323 e. The first-order valence-corrected chi connectivity index (χ1v) is 4.71. The van der Waals surface area contributed by atoms with Gasteiger partial charge >= 0.3 is 6.03 Å². The summed E-state index contributed by atoms with van der Waals surface area (Å²) in [6.07, 6.45) is 2.71. The number of rotatable bonds is 1. The molecular formula is C10H13N3O. The predicted molar refractivity (Wildman–Crippen MR) is 54.1 cm³/mol. The molecule has 0 bridgehead atoms. The van der Waals surface area contributed by atoms with E-state index < -0.39 is 0 Å². The van der Waals surface area contributed by atoms with E-state index in [4.69, 9.17) is 0 Å². The SMILES string of the molecule is CCc1ccnc2c1CN(C)C(=O)N2. The van der Waals surface area contributed by atoms with E-state index >= 15 is 0 Å². The van der Waals surface area contributed by atoms with Gasteiger partial charge in [0.2, 0.25) is 0 Å². The third-order valence-corrected chi connectivity index (χ3v) is 2.50. The predicted octanol–water partition coefficient (Wildman–Crippen LogP) is 1.62. The van der Waals surface area contributed by atoms with E-state index in [9.17, 15) is 4.79 Å². The third-order valence-electron chi connectivity index (χ3n) is 2.50. The molecule has 4 heteroatoms. The molecule has 0 atom stereocenters. The highest BCUT2D eigenvalue weighted by atomic mass is 16.2. The fourth-order valence-corrected chi connectivity index (χ4v) is 1.65. The standard InChI is InChI=1S/C10H13N3O/c1-3-7-4-5-11-9-8(7)6-13(2)10(14)12-9/h4-5H,3,6H2,1-2H3,(H,11,12,14). The Morgan fingerprint density at radius 3 is 3.14 bits per heavy atom. The van der Waals surface area contributed by atoms with E-state index in [0.29, 0.717) is 12.4 Å². The number of carbonyl (C=O) groups excluding carboxylic acids is 1. The van der Waals surface area contributed by atoms with Crippen molar-refractivity contribution in [2.24, 2.45) is 0 Å². The zero-order valence-corrected chi connectivity index (χ0v) is 8.37. The first kappa shape index (κ1) is 8.99. The molecule has 0 saturated heterocycles. The van der Waals surface area contributed by atoms with Crippen molar-refractivity contribution in [2.75, 3.05) is 12.4 Å². The monoisotopic (exact) mass is 191 g/mol. The average molecular weight is 191 g/mol. The molecule has 1 aliphatic heterocycles. The van der Waals surface area contributed by atoms with E-state index in [0.717, 1.165) is 12.0 Å². The highest BCUT2D eigenvalue weighted by Gasteiger charge is 2.21. The van der Waals surface area contributed by atoms with E-state index in [1.54, 1.807) is 18.1 Å². The number of hydrogen-bond acceptors (Lipinski definition) is 2. The largest absolute Gasteiger partial charge is 0.323 e. The van der Waals surface area contributed by atoms with Crippen LogP contribution in [0.1, 0.15) is 18.1 Å². The van der Waals surface area contributed by atoms with Gasteiger partial charge in [-0.25, -0.2) is 9.78 Å². The van der Waals surface area contributed by atoms with Crippen LogP contribution in [0.15, 0.2) is 12.3 Å². The molecule has 0 saturated carbocycles. The molecule has 0 radical (unpaired) electrons. The summed E-state index contributed by atoms with van der Waals surface area (Å²) in [5, 5.41) is 2.76. The second-order valence-corrected chi connectivity index (χ2v) is 3.44. The van der Waals surface area contributed by atoms with Crippen molar-refractivity contribution >= 4 is 11.8 Å². The van der Waals surface area contributed by atoms with Gasteiger partial charge in [-0.1, -0.05) is 6.92 Å². The highest BCUT2D eigenvalue weighted by molar-refractivity contribution is 5.91. The smallest absolute Gasteiger partial charge is 0.323 e. The molecule has 0 aliphatic carbocycles. The molecule has 1 aliphatic rings. The zero-order valence-electron chi connectivity index (χ0n) is 8.37. The molecule has 2 rings (SSSR count). The van der Waals surface area contributed by atoms with Crippen LogP contribution in [0.2, 0.25) is 0 Å². The van der Waals surface area contributed by atoms with Crippen molar-refractivity contribution in [3.8, 4) is 0 Å². The molecule has 14 heavy (non-hydrogen) atoms. The Kier molecular flexibility index (Phi) is 2.11. The fraction of sp³-hybridized carbons (Fsp3) is 0.400. The Morgan fingerprint density at radius 2 is 2.43 bits per heavy atom. The number of aryl methyl sites for hydroxylation is 1. The molecule has 0 fully saturated rings. The molecule has 4 nitrogen and oxygen atoms in total. The number of nitrogens with one attached hydrogen (secondary N) is 1. The van der Waals surface area contributed by atoms with Gasteiger partial charge < -0.3 is 4.90 Å². The lowest BCUT2D eigenvalue weighted by Crippen LogP contribution is -2.36. The molecule has 74 valence electrons. The van der Waals surface area contributed by atoms with Crippen LogP contribution >= 0.6 is 0 Å². The Bertz CT molecular complexity index is 376. The number of anilines is 1. The molecule has 2 heterocycles. The number of aromatic nitrogens is 1. The summed E-state index contributed by atoms with van der Waals surface area (Å²) in [4.78, 5) is 17.1. The van der Waals surface area contributed by atoms with Crippen molar-refractivity contribution in [3.05, 3.63) is 23.4 Å². The van der Waals surface area contributed by atoms with Crippen LogP contribution in [-0.4, -0.2) is 23.0 Å². The Balaban J connectivity index is 2.46. The molecular weight excluding hydrogens is 178 g/mol. The average Bonchev–Trinajstić information content (AvgIpc) is 2.19. The normalized spacial score (nSPS) is 15.0. The summed E-state index contributed by atoms with van der Waals surface area (Å²) in [5.41, 5.74) is 2.39. The van der Waals surface area contributed by atoms with Crippen LogP contribution in [0.25, 0.3) is 0 Å². The topological polar surface area (TPSA) is 45.2 Å². The quantitative estimate of drug-likeness (QED) is 0.733. The molecule has 1 N–H and O–H groups in total. The van der Waals surface area contributed by atoms with Crippen LogP contribution in [0, 0.1) is 0 Å². The number of pyridine rings is 1. The lowest BCUT2D eigenvalue weighted by Gasteiger charge is -2.26. The summed E-state index contributed by atoms with van der Waals surface area (Å²) < 4.78 is 0. The molecule has 0 spiro atoms. The molecule has 0 aromatic carbocycles. The number of fused-ring (bicyclic) bond motifs is 1. The molecule has 2 amide bonds. The maximum atomic E-state index is 11.3. The minimum atomic E-state index is -0.0850. The van der Waals surface area contributed by atoms with Crippen molar-refractivity contribution in [3.63, 3.8) is 0 Å². The van der Waals surface area contributed by atoms with Crippen molar-refractivity contribution in [2.45, 2.75) is 19.9 Å². The minimum Gasteiger partial charge on any atom is -0.323 e. The van der Waals surface area contributed by atoms with Crippen molar-refractivity contribution in [1.29, 1.82) is 0 Å². The van der Waals surface area contributed by atoms with Crippen LogP contribution < -0.4 is 5.32 Å². The van der Waals surface area contributed by atoms with Gasteiger partial charge in [0.05, 0.1) is 6.54 Å². The summed E-state index contributed by atoms with van der Waals surface area (Å²) in [7, 11) is 1.78. The number of carbonyl (C=O) groups is 1. The minimum absolute atomic E-state index is 0.0850. The van der Waals surface area contributed by atoms with Gasteiger partial charge in [-0.05, 0) is 18.1 Å². The summed E-state index contributed by atoms with van der Waals surface area (Å²) in [5.74, 6) is 0.715. The number of hydrogen-bond donors (Lipinski definition) is 1. The van der Waals surface area contributed by atoms with Gasteiger partial charge in [0, 0.05) is 18.8 Å². The second-order valence-electron chi connectivity index (χ2n) is 3.44. The summed E-state index contributed by atoms with van der Waals surface area (Å²) in [6, 6.07) is 1.92. The first-order valence-electron chi connectivity index (χ1n) is 4.71. The van der Waals surface area contributed by atoms with E-state index in [2.05, 4.69) is 17.2 Å². The lowest BCUT2D eigenvalue weighted by molar-refractivity contribution is 0.218. The van der Waals surface area contributed by atoms with E-state index in [1.165, 1.54) is 5.56 Å². The van der Waals surface area contributed by atoms with Crippen LogP contribution in [0.4, 0.5) is 10.6 Å². The van der Waals surface area contributed by atoms with Gasteiger partial charge in [0.15, 0.2) is 0 Å². The molecule has 1 aromatic heterocycles. The lowest BCUT2D eigenvalue weighted by atomic mass is 10.1. The summed E-state index contributed by atoms with van der Waals surface area (Å²) in [6.45, 7) is 2.75.